The monoisotopic (exact) mass is 343 g/mol. The number of nitrogens with one attached hydrogen (secondary N) is 2. The lowest BCUT2D eigenvalue weighted by atomic mass is 10.2. The van der Waals surface area contributed by atoms with Gasteiger partial charge in [0.15, 0.2) is 0 Å². The fourth-order valence-corrected chi connectivity index (χ4v) is 2.78. The molecule has 0 saturated heterocycles. The van der Waals surface area contributed by atoms with Gasteiger partial charge in [0.2, 0.25) is 0 Å². The van der Waals surface area contributed by atoms with Gasteiger partial charge in [-0.1, -0.05) is 6.07 Å². The third-order valence-corrected chi connectivity index (χ3v) is 3.92. The first-order chi connectivity index (χ1) is 10.0. The summed E-state index contributed by atoms with van der Waals surface area (Å²) in [6.07, 6.45) is 0. The number of nitrogen functional groups attached to an aromatic ring is 1. The lowest BCUT2D eigenvalue weighted by Crippen LogP contribution is -2.12. The van der Waals surface area contributed by atoms with Crippen molar-refractivity contribution in [1.29, 1.82) is 0 Å². The Labute approximate surface area is 130 Å². The quantitative estimate of drug-likeness (QED) is 0.613. The van der Waals surface area contributed by atoms with Gasteiger partial charge in [0, 0.05) is 21.1 Å². The van der Waals surface area contributed by atoms with Crippen LogP contribution in [-0.4, -0.2) is 10.9 Å². The molecule has 5 heteroatoms. The normalized spacial score (nSPS) is 10.8. The average Bonchev–Trinajstić information content (AvgIpc) is 2.85. The van der Waals surface area contributed by atoms with E-state index in [1.807, 2.05) is 37.3 Å². The maximum Gasteiger partial charge on any atom is 0.272 e. The third-order valence-electron chi connectivity index (χ3n) is 3.26. The first kappa shape index (κ1) is 13.7. The molecule has 0 fully saturated rings. The van der Waals surface area contributed by atoms with Crippen LogP contribution in [0.25, 0.3) is 10.9 Å². The maximum absolute atomic E-state index is 12.3. The van der Waals surface area contributed by atoms with Crippen molar-refractivity contribution in [3.8, 4) is 0 Å². The van der Waals surface area contributed by atoms with Crippen molar-refractivity contribution in [3.63, 3.8) is 0 Å². The molecule has 0 spiro atoms. The van der Waals surface area contributed by atoms with E-state index in [1.54, 1.807) is 12.1 Å². The molecule has 4 N–H and O–H groups in total. The van der Waals surface area contributed by atoms with E-state index in [0.29, 0.717) is 11.4 Å². The highest BCUT2D eigenvalue weighted by Gasteiger charge is 2.11. The Kier molecular flexibility index (Phi) is 3.43. The summed E-state index contributed by atoms with van der Waals surface area (Å²) in [6, 6.07) is 13.1. The smallest absolute Gasteiger partial charge is 0.272 e. The van der Waals surface area contributed by atoms with Crippen molar-refractivity contribution in [2.45, 2.75) is 6.92 Å². The van der Waals surface area contributed by atoms with Gasteiger partial charge in [-0.25, -0.2) is 0 Å². The zero-order valence-electron chi connectivity index (χ0n) is 11.4. The number of aryl methyl sites for hydroxylation is 1. The van der Waals surface area contributed by atoms with Gasteiger partial charge in [0.1, 0.15) is 5.69 Å². The van der Waals surface area contributed by atoms with Crippen LogP contribution in [0.4, 0.5) is 11.4 Å². The first-order valence-electron chi connectivity index (χ1n) is 6.49. The van der Waals surface area contributed by atoms with E-state index in [2.05, 4.69) is 26.2 Å². The Morgan fingerprint density at radius 3 is 2.76 bits per heavy atom. The molecule has 0 unspecified atom stereocenters. The maximum atomic E-state index is 12.3. The van der Waals surface area contributed by atoms with Gasteiger partial charge in [0.05, 0.1) is 5.69 Å². The van der Waals surface area contributed by atoms with Crippen LogP contribution < -0.4 is 11.1 Å². The molecule has 0 aliphatic rings. The molecular weight excluding hydrogens is 330 g/mol. The van der Waals surface area contributed by atoms with E-state index in [-0.39, 0.29) is 5.91 Å². The third kappa shape index (κ3) is 2.78. The number of amides is 1. The van der Waals surface area contributed by atoms with Crippen molar-refractivity contribution in [1.82, 2.24) is 4.98 Å². The second kappa shape index (κ2) is 5.26. The van der Waals surface area contributed by atoms with Crippen LogP contribution in [0.3, 0.4) is 0 Å². The summed E-state index contributed by atoms with van der Waals surface area (Å²) in [6.45, 7) is 2.00. The molecule has 0 saturated carbocycles. The Morgan fingerprint density at radius 2 is 2.00 bits per heavy atom. The lowest BCUT2D eigenvalue weighted by molar-refractivity contribution is 0.102. The Hall–Kier alpha value is -2.27. The molecule has 21 heavy (non-hydrogen) atoms. The highest BCUT2D eigenvalue weighted by molar-refractivity contribution is 9.10. The molecule has 0 radical (unpaired) electrons. The molecule has 0 aliphatic carbocycles. The van der Waals surface area contributed by atoms with Gasteiger partial charge in [-0.05, 0) is 64.8 Å². The van der Waals surface area contributed by atoms with E-state index in [4.69, 9.17) is 5.73 Å². The highest BCUT2D eigenvalue weighted by atomic mass is 79.9. The number of fused-ring (bicyclic) bond motifs is 1. The minimum Gasteiger partial charge on any atom is -0.399 e. The number of benzene rings is 2. The molecule has 1 heterocycles. The summed E-state index contributed by atoms with van der Waals surface area (Å²) in [5.41, 5.74) is 9.68. The number of aromatic nitrogens is 1. The second-order valence-electron chi connectivity index (χ2n) is 4.97. The average molecular weight is 344 g/mol. The van der Waals surface area contributed by atoms with Crippen LogP contribution in [0.1, 0.15) is 16.1 Å². The van der Waals surface area contributed by atoms with Crippen LogP contribution in [0.2, 0.25) is 0 Å². The van der Waals surface area contributed by atoms with E-state index in [1.165, 1.54) is 0 Å². The van der Waals surface area contributed by atoms with Crippen molar-refractivity contribution >= 4 is 44.1 Å². The van der Waals surface area contributed by atoms with Crippen LogP contribution in [0.15, 0.2) is 46.9 Å². The number of carbonyl (C=O) groups is 1. The number of nitrogens with two attached hydrogens (primary N) is 1. The van der Waals surface area contributed by atoms with E-state index in [9.17, 15) is 4.79 Å². The molecule has 1 amide bonds. The summed E-state index contributed by atoms with van der Waals surface area (Å²) in [7, 11) is 0. The van der Waals surface area contributed by atoms with Crippen molar-refractivity contribution in [2.24, 2.45) is 0 Å². The molecule has 4 nitrogen and oxygen atoms in total. The Balaban J connectivity index is 1.89. The molecule has 106 valence electrons. The van der Waals surface area contributed by atoms with E-state index < -0.39 is 0 Å². The molecular formula is C16H14BrN3O. The number of hydrogen-bond acceptors (Lipinski definition) is 2. The summed E-state index contributed by atoms with van der Waals surface area (Å²) < 4.78 is 0.858. The van der Waals surface area contributed by atoms with Gasteiger partial charge in [-0.3, -0.25) is 4.79 Å². The number of carbonyl (C=O) groups excluding carboxylic acids is 1. The topological polar surface area (TPSA) is 70.9 Å². The van der Waals surface area contributed by atoms with Gasteiger partial charge in [-0.2, -0.15) is 0 Å². The standard InChI is InChI=1S/C16H14BrN3O/c1-9-2-4-14(12(17)6-9)20-16(21)15-8-10-7-11(18)3-5-13(10)19-15/h2-8,19H,18H2,1H3,(H,20,21). The van der Waals surface area contributed by atoms with Crippen LogP contribution in [0.5, 0.6) is 0 Å². The Bertz CT molecular complexity index is 839. The minimum atomic E-state index is -0.186. The SMILES string of the molecule is Cc1ccc(NC(=O)c2cc3cc(N)ccc3[nH]2)c(Br)c1. The van der Waals surface area contributed by atoms with E-state index in [0.717, 1.165) is 26.6 Å². The molecule has 0 aliphatic heterocycles. The molecule has 3 rings (SSSR count). The summed E-state index contributed by atoms with van der Waals surface area (Å²) in [5, 5.41) is 3.80. The summed E-state index contributed by atoms with van der Waals surface area (Å²) >= 11 is 3.45. The summed E-state index contributed by atoms with van der Waals surface area (Å²) in [4.78, 5) is 15.4. The fraction of sp³-hybridized carbons (Fsp3) is 0.0625. The molecule has 0 atom stereocenters. The van der Waals surface area contributed by atoms with Crippen LogP contribution in [-0.2, 0) is 0 Å². The largest absolute Gasteiger partial charge is 0.399 e. The fourth-order valence-electron chi connectivity index (χ4n) is 2.18. The van der Waals surface area contributed by atoms with E-state index >= 15 is 0 Å². The molecule has 3 aromatic rings. The zero-order chi connectivity index (χ0) is 15.0. The number of halogens is 1. The molecule has 0 bridgehead atoms. The van der Waals surface area contributed by atoms with Crippen LogP contribution >= 0.6 is 15.9 Å². The number of aromatic amines is 1. The zero-order valence-corrected chi connectivity index (χ0v) is 13.0. The van der Waals surface area contributed by atoms with Gasteiger partial charge in [0.25, 0.3) is 5.91 Å². The van der Waals surface area contributed by atoms with Crippen LogP contribution in [0, 0.1) is 6.92 Å². The number of anilines is 2. The first-order valence-corrected chi connectivity index (χ1v) is 7.28. The number of rotatable bonds is 2. The highest BCUT2D eigenvalue weighted by Crippen LogP contribution is 2.24. The minimum absolute atomic E-state index is 0.186. The lowest BCUT2D eigenvalue weighted by Gasteiger charge is -2.06. The van der Waals surface area contributed by atoms with Gasteiger partial charge in [-0.15, -0.1) is 0 Å². The predicted octanol–water partition coefficient (Wildman–Crippen LogP) is 4.07. The second-order valence-corrected chi connectivity index (χ2v) is 5.82. The van der Waals surface area contributed by atoms with Crippen molar-refractivity contribution in [3.05, 3.63) is 58.2 Å². The molecule has 1 aromatic heterocycles. The van der Waals surface area contributed by atoms with Crippen molar-refractivity contribution in [2.75, 3.05) is 11.1 Å². The van der Waals surface area contributed by atoms with Crippen molar-refractivity contribution < 1.29 is 4.79 Å². The molecule has 2 aromatic carbocycles. The number of hydrogen-bond donors (Lipinski definition) is 3. The number of H-pyrrole nitrogens is 1. The van der Waals surface area contributed by atoms with Gasteiger partial charge >= 0.3 is 0 Å². The summed E-state index contributed by atoms with van der Waals surface area (Å²) in [5.74, 6) is -0.186. The Morgan fingerprint density at radius 1 is 1.19 bits per heavy atom. The predicted molar refractivity (Wildman–Crippen MR) is 89.5 cm³/mol. The van der Waals surface area contributed by atoms with Gasteiger partial charge < -0.3 is 16.0 Å².